The van der Waals surface area contributed by atoms with Gasteiger partial charge in [0.1, 0.15) is 0 Å². The van der Waals surface area contributed by atoms with Gasteiger partial charge in [0, 0.05) is 19.6 Å². The number of morpholine rings is 1. The SMILES string of the molecule is CC1CN(Cc2ccccc2B(O)O)CCO1. The third-order valence-corrected chi connectivity index (χ3v) is 3.05. The van der Waals surface area contributed by atoms with Crippen molar-refractivity contribution >= 4 is 12.6 Å². The maximum atomic E-state index is 9.30. The molecule has 0 saturated carbocycles. The van der Waals surface area contributed by atoms with Crippen LogP contribution in [0.2, 0.25) is 0 Å². The van der Waals surface area contributed by atoms with E-state index in [9.17, 15) is 10.0 Å². The molecular weight excluding hydrogens is 217 g/mol. The van der Waals surface area contributed by atoms with Crippen molar-refractivity contribution in [1.29, 1.82) is 0 Å². The third kappa shape index (κ3) is 3.29. The van der Waals surface area contributed by atoms with Gasteiger partial charge in [0.05, 0.1) is 12.7 Å². The minimum absolute atomic E-state index is 0.245. The van der Waals surface area contributed by atoms with E-state index in [0.29, 0.717) is 5.46 Å². The van der Waals surface area contributed by atoms with Crippen LogP contribution in [0.1, 0.15) is 12.5 Å². The number of ether oxygens (including phenoxy) is 1. The second-order valence-corrected chi connectivity index (χ2v) is 4.49. The molecule has 1 aliphatic heterocycles. The van der Waals surface area contributed by atoms with E-state index in [-0.39, 0.29) is 6.10 Å². The van der Waals surface area contributed by atoms with Crippen LogP contribution in [0.25, 0.3) is 0 Å². The van der Waals surface area contributed by atoms with Gasteiger partial charge in [-0.1, -0.05) is 24.3 Å². The van der Waals surface area contributed by atoms with Gasteiger partial charge in [-0.25, -0.2) is 0 Å². The molecule has 4 nitrogen and oxygen atoms in total. The fourth-order valence-electron chi connectivity index (χ4n) is 2.21. The fourth-order valence-corrected chi connectivity index (χ4v) is 2.21. The third-order valence-electron chi connectivity index (χ3n) is 3.05. The summed E-state index contributed by atoms with van der Waals surface area (Å²) >= 11 is 0. The number of hydrogen-bond donors (Lipinski definition) is 2. The summed E-state index contributed by atoms with van der Waals surface area (Å²) in [4.78, 5) is 2.27. The average molecular weight is 235 g/mol. The normalized spacial score (nSPS) is 21.5. The van der Waals surface area contributed by atoms with E-state index in [4.69, 9.17) is 4.74 Å². The monoisotopic (exact) mass is 235 g/mol. The van der Waals surface area contributed by atoms with Crippen molar-refractivity contribution in [2.45, 2.75) is 19.6 Å². The molecule has 5 heteroatoms. The van der Waals surface area contributed by atoms with Gasteiger partial charge in [-0.3, -0.25) is 4.90 Å². The minimum Gasteiger partial charge on any atom is -0.423 e. The van der Waals surface area contributed by atoms with E-state index in [1.54, 1.807) is 6.07 Å². The Kier molecular flexibility index (Phi) is 4.18. The maximum absolute atomic E-state index is 9.30. The first-order chi connectivity index (χ1) is 8.16. The first-order valence-corrected chi connectivity index (χ1v) is 5.94. The van der Waals surface area contributed by atoms with Crippen LogP contribution >= 0.6 is 0 Å². The lowest BCUT2D eigenvalue weighted by molar-refractivity contribution is -0.0211. The summed E-state index contributed by atoms with van der Waals surface area (Å²) in [6.45, 7) is 5.31. The Labute approximate surface area is 102 Å². The van der Waals surface area contributed by atoms with Gasteiger partial charge in [-0.15, -0.1) is 0 Å². The Morgan fingerprint density at radius 2 is 2.18 bits per heavy atom. The first kappa shape index (κ1) is 12.6. The summed E-state index contributed by atoms with van der Waals surface area (Å²) in [5, 5.41) is 18.6. The summed E-state index contributed by atoms with van der Waals surface area (Å²) in [6, 6.07) is 7.43. The molecule has 1 unspecified atom stereocenters. The maximum Gasteiger partial charge on any atom is 0.488 e. The van der Waals surface area contributed by atoms with Gasteiger partial charge in [-0.05, 0) is 17.9 Å². The van der Waals surface area contributed by atoms with Crippen LogP contribution < -0.4 is 5.46 Å². The molecule has 92 valence electrons. The Hall–Kier alpha value is -0.875. The van der Waals surface area contributed by atoms with Gasteiger partial charge >= 0.3 is 7.12 Å². The van der Waals surface area contributed by atoms with E-state index in [1.807, 2.05) is 18.2 Å². The zero-order valence-corrected chi connectivity index (χ0v) is 10.0. The van der Waals surface area contributed by atoms with E-state index >= 15 is 0 Å². The van der Waals surface area contributed by atoms with Crippen LogP contribution in [0.5, 0.6) is 0 Å². The van der Waals surface area contributed by atoms with Gasteiger partial charge in [0.2, 0.25) is 0 Å². The smallest absolute Gasteiger partial charge is 0.423 e. The van der Waals surface area contributed by atoms with Gasteiger partial charge in [0.25, 0.3) is 0 Å². The van der Waals surface area contributed by atoms with Crippen LogP contribution in [0, 0.1) is 0 Å². The summed E-state index contributed by atoms with van der Waals surface area (Å²) in [6.07, 6.45) is 0.245. The van der Waals surface area contributed by atoms with Gasteiger partial charge in [0.15, 0.2) is 0 Å². The van der Waals surface area contributed by atoms with Crippen molar-refractivity contribution in [3.8, 4) is 0 Å². The average Bonchev–Trinajstić information content (AvgIpc) is 2.29. The number of nitrogens with zero attached hydrogens (tertiary/aromatic N) is 1. The molecule has 1 aromatic rings. The molecule has 1 aromatic carbocycles. The summed E-state index contributed by atoms with van der Waals surface area (Å²) < 4.78 is 5.48. The first-order valence-electron chi connectivity index (χ1n) is 5.94. The predicted molar refractivity (Wildman–Crippen MR) is 67.0 cm³/mol. The fraction of sp³-hybridized carbons (Fsp3) is 0.500. The molecule has 1 aliphatic rings. The molecule has 1 fully saturated rings. The highest BCUT2D eigenvalue weighted by Gasteiger charge is 2.20. The molecule has 17 heavy (non-hydrogen) atoms. The molecule has 1 heterocycles. The van der Waals surface area contributed by atoms with E-state index < -0.39 is 7.12 Å². The van der Waals surface area contributed by atoms with Crippen LogP contribution in [0.3, 0.4) is 0 Å². The quantitative estimate of drug-likeness (QED) is 0.699. The number of hydrogen-bond acceptors (Lipinski definition) is 4. The van der Waals surface area contributed by atoms with Crippen LogP contribution in [-0.4, -0.2) is 47.9 Å². The Morgan fingerprint density at radius 1 is 1.41 bits per heavy atom. The molecule has 0 radical (unpaired) electrons. The molecule has 1 atom stereocenters. The molecule has 2 N–H and O–H groups in total. The van der Waals surface area contributed by atoms with Crippen molar-refractivity contribution in [3.63, 3.8) is 0 Å². The molecule has 0 amide bonds. The Bertz CT molecular complexity index is 373. The Morgan fingerprint density at radius 3 is 2.88 bits per heavy atom. The zero-order valence-electron chi connectivity index (χ0n) is 10.0. The van der Waals surface area contributed by atoms with Gasteiger partial charge < -0.3 is 14.8 Å². The van der Waals surface area contributed by atoms with E-state index in [0.717, 1.165) is 31.8 Å². The number of rotatable bonds is 3. The molecule has 0 aliphatic carbocycles. The molecule has 1 saturated heterocycles. The van der Waals surface area contributed by atoms with Crippen LogP contribution in [0.4, 0.5) is 0 Å². The van der Waals surface area contributed by atoms with Gasteiger partial charge in [-0.2, -0.15) is 0 Å². The molecular formula is C12H18BNO3. The minimum atomic E-state index is -1.40. The topological polar surface area (TPSA) is 52.9 Å². The van der Waals surface area contributed by atoms with Crippen molar-refractivity contribution in [1.82, 2.24) is 4.90 Å². The molecule has 0 aromatic heterocycles. The van der Waals surface area contributed by atoms with Crippen molar-refractivity contribution in [3.05, 3.63) is 29.8 Å². The summed E-state index contributed by atoms with van der Waals surface area (Å²) in [7, 11) is -1.40. The predicted octanol–water partition coefficient (Wildman–Crippen LogP) is -0.413. The zero-order chi connectivity index (χ0) is 12.3. The van der Waals surface area contributed by atoms with Crippen molar-refractivity contribution in [2.24, 2.45) is 0 Å². The Balaban J connectivity index is 2.07. The lowest BCUT2D eigenvalue weighted by Gasteiger charge is -2.31. The van der Waals surface area contributed by atoms with E-state index in [2.05, 4.69) is 11.8 Å². The number of benzene rings is 1. The summed E-state index contributed by atoms with van der Waals surface area (Å²) in [5.74, 6) is 0. The highest BCUT2D eigenvalue weighted by molar-refractivity contribution is 6.59. The highest BCUT2D eigenvalue weighted by Crippen LogP contribution is 2.09. The lowest BCUT2D eigenvalue weighted by Crippen LogP contribution is -2.42. The second-order valence-electron chi connectivity index (χ2n) is 4.49. The lowest BCUT2D eigenvalue weighted by atomic mass is 9.77. The van der Waals surface area contributed by atoms with Crippen molar-refractivity contribution in [2.75, 3.05) is 19.7 Å². The molecule has 0 spiro atoms. The molecule has 0 bridgehead atoms. The van der Waals surface area contributed by atoms with Crippen molar-refractivity contribution < 1.29 is 14.8 Å². The second kappa shape index (κ2) is 5.64. The van der Waals surface area contributed by atoms with Crippen LogP contribution in [0.15, 0.2) is 24.3 Å². The standard InChI is InChI=1S/C12H18BNO3/c1-10-8-14(6-7-17-10)9-11-4-2-3-5-12(11)13(15)16/h2-5,10,15-16H,6-9H2,1H3. The summed E-state index contributed by atoms with van der Waals surface area (Å²) in [5.41, 5.74) is 1.56. The van der Waals surface area contributed by atoms with E-state index in [1.165, 1.54) is 0 Å². The highest BCUT2D eigenvalue weighted by atomic mass is 16.5. The van der Waals surface area contributed by atoms with Crippen LogP contribution in [-0.2, 0) is 11.3 Å². The largest absolute Gasteiger partial charge is 0.488 e. The molecule has 2 rings (SSSR count).